The van der Waals surface area contributed by atoms with Crippen LogP contribution in [0.5, 0.6) is 0 Å². The molecule has 3 atom stereocenters. The fourth-order valence-corrected chi connectivity index (χ4v) is 2.67. The number of nitrogens with zero attached hydrogens (tertiary/aromatic N) is 1. The minimum atomic E-state index is 0.187. The number of rotatable bonds is 7. The molecule has 0 heterocycles. The van der Waals surface area contributed by atoms with Crippen molar-refractivity contribution in [3.8, 4) is 0 Å². The second kappa shape index (κ2) is 7.66. The van der Waals surface area contributed by atoms with E-state index in [1.54, 1.807) is 0 Å². The molecule has 0 radical (unpaired) electrons. The van der Waals surface area contributed by atoms with Crippen LogP contribution in [0.15, 0.2) is 24.3 Å². The highest BCUT2D eigenvalue weighted by atomic mass is 15.2. The van der Waals surface area contributed by atoms with Crippen molar-refractivity contribution in [1.29, 1.82) is 0 Å². The van der Waals surface area contributed by atoms with Gasteiger partial charge in [0.05, 0.1) is 0 Å². The molecule has 0 aromatic heterocycles. The van der Waals surface area contributed by atoms with Crippen LogP contribution < -0.4 is 5.73 Å². The Kier molecular flexibility index (Phi) is 6.53. The Morgan fingerprint density at radius 1 is 1.16 bits per heavy atom. The summed E-state index contributed by atoms with van der Waals surface area (Å²) < 4.78 is 0. The molecule has 0 saturated carbocycles. The Morgan fingerprint density at radius 2 is 1.74 bits per heavy atom. The molecule has 0 bridgehead atoms. The highest BCUT2D eigenvalue weighted by Crippen LogP contribution is 2.27. The molecular formula is C17H30N2. The van der Waals surface area contributed by atoms with Crippen LogP contribution in [0.25, 0.3) is 0 Å². The Hall–Kier alpha value is -0.860. The lowest BCUT2D eigenvalue weighted by Gasteiger charge is -2.37. The van der Waals surface area contributed by atoms with Crippen molar-refractivity contribution in [2.75, 3.05) is 7.05 Å². The maximum absolute atomic E-state index is 6.38. The van der Waals surface area contributed by atoms with Crippen molar-refractivity contribution in [3.63, 3.8) is 0 Å². The van der Waals surface area contributed by atoms with Crippen LogP contribution in [0.4, 0.5) is 0 Å². The van der Waals surface area contributed by atoms with E-state index in [0.717, 1.165) is 6.42 Å². The average Bonchev–Trinajstić information content (AvgIpc) is 2.41. The number of aryl methyl sites for hydroxylation is 1. The van der Waals surface area contributed by atoms with E-state index in [2.05, 4.69) is 63.9 Å². The lowest BCUT2D eigenvalue weighted by Crippen LogP contribution is -2.42. The molecule has 0 aliphatic rings. The number of nitrogens with two attached hydrogens (primary N) is 1. The highest BCUT2D eigenvalue weighted by Gasteiger charge is 2.25. The van der Waals surface area contributed by atoms with E-state index < -0.39 is 0 Å². The van der Waals surface area contributed by atoms with Gasteiger partial charge >= 0.3 is 0 Å². The van der Waals surface area contributed by atoms with Crippen LogP contribution in [-0.2, 0) is 0 Å². The number of benzene rings is 1. The molecule has 2 nitrogen and oxygen atoms in total. The van der Waals surface area contributed by atoms with E-state index in [1.807, 2.05) is 0 Å². The third-order valence-corrected chi connectivity index (χ3v) is 4.14. The molecule has 0 saturated heterocycles. The van der Waals surface area contributed by atoms with Crippen molar-refractivity contribution < 1.29 is 0 Å². The molecule has 108 valence electrons. The normalized spacial score (nSPS) is 16.4. The van der Waals surface area contributed by atoms with E-state index in [0.29, 0.717) is 12.1 Å². The van der Waals surface area contributed by atoms with Crippen LogP contribution in [0.3, 0.4) is 0 Å². The third-order valence-electron chi connectivity index (χ3n) is 4.14. The molecule has 2 N–H and O–H groups in total. The summed E-state index contributed by atoms with van der Waals surface area (Å²) in [5, 5.41) is 0. The number of hydrogen-bond donors (Lipinski definition) is 1. The molecule has 0 amide bonds. The molecule has 19 heavy (non-hydrogen) atoms. The topological polar surface area (TPSA) is 29.3 Å². The predicted molar refractivity (Wildman–Crippen MR) is 84.3 cm³/mol. The van der Waals surface area contributed by atoms with Gasteiger partial charge in [0, 0.05) is 18.1 Å². The summed E-state index contributed by atoms with van der Waals surface area (Å²) in [4.78, 5) is 2.45. The maximum atomic E-state index is 6.38. The zero-order valence-corrected chi connectivity index (χ0v) is 13.2. The van der Waals surface area contributed by atoms with Crippen LogP contribution in [0.1, 0.15) is 57.2 Å². The quantitative estimate of drug-likeness (QED) is 0.807. The largest absolute Gasteiger partial charge is 0.326 e. The SMILES string of the molecule is CCCC(C)N(C)C(c1ccc(C)cc1)C(N)CC. The second-order valence-electron chi connectivity index (χ2n) is 5.73. The van der Waals surface area contributed by atoms with Crippen molar-refractivity contribution >= 4 is 0 Å². The molecule has 2 heteroatoms. The molecular weight excluding hydrogens is 232 g/mol. The Morgan fingerprint density at radius 3 is 2.21 bits per heavy atom. The Labute approximate surface area is 119 Å². The van der Waals surface area contributed by atoms with Gasteiger partial charge in [-0.25, -0.2) is 0 Å². The summed E-state index contributed by atoms with van der Waals surface area (Å²) in [7, 11) is 2.21. The molecule has 0 spiro atoms. The van der Waals surface area contributed by atoms with Crippen molar-refractivity contribution in [2.45, 2.75) is 65.1 Å². The first-order chi connectivity index (χ1) is 9.01. The van der Waals surface area contributed by atoms with E-state index in [-0.39, 0.29) is 6.04 Å². The summed E-state index contributed by atoms with van der Waals surface area (Å²) >= 11 is 0. The van der Waals surface area contributed by atoms with Crippen molar-refractivity contribution in [1.82, 2.24) is 4.90 Å². The molecule has 1 aromatic carbocycles. The van der Waals surface area contributed by atoms with Gasteiger partial charge in [0.1, 0.15) is 0 Å². The minimum absolute atomic E-state index is 0.187. The predicted octanol–water partition coefficient (Wildman–Crippen LogP) is 3.89. The van der Waals surface area contributed by atoms with Gasteiger partial charge in [0.25, 0.3) is 0 Å². The summed E-state index contributed by atoms with van der Waals surface area (Å²) in [6.07, 6.45) is 3.44. The molecule has 1 rings (SSSR count). The van der Waals surface area contributed by atoms with Crippen LogP contribution in [0.2, 0.25) is 0 Å². The lowest BCUT2D eigenvalue weighted by atomic mass is 9.94. The summed E-state index contributed by atoms with van der Waals surface area (Å²) in [5.41, 5.74) is 9.02. The Balaban J connectivity index is 2.97. The summed E-state index contributed by atoms with van der Waals surface area (Å²) in [6, 6.07) is 9.88. The Bertz CT molecular complexity index is 358. The second-order valence-corrected chi connectivity index (χ2v) is 5.73. The van der Waals surface area contributed by atoms with Gasteiger partial charge in [-0.05, 0) is 39.3 Å². The molecule has 3 unspecified atom stereocenters. The van der Waals surface area contributed by atoms with E-state index in [9.17, 15) is 0 Å². The smallest absolute Gasteiger partial charge is 0.0498 e. The van der Waals surface area contributed by atoms with Gasteiger partial charge in [-0.3, -0.25) is 4.90 Å². The zero-order chi connectivity index (χ0) is 14.4. The van der Waals surface area contributed by atoms with Gasteiger partial charge in [-0.1, -0.05) is 50.1 Å². The standard InChI is InChI=1S/C17H30N2/c1-6-8-14(4)19(5)17(16(18)7-2)15-11-9-13(3)10-12-15/h9-12,14,16-17H,6-8,18H2,1-5H3. The lowest BCUT2D eigenvalue weighted by molar-refractivity contribution is 0.151. The van der Waals surface area contributed by atoms with Gasteiger partial charge in [0.15, 0.2) is 0 Å². The third kappa shape index (κ3) is 4.32. The van der Waals surface area contributed by atoms with Crippen LogP contribution in [0, 0.1) is 6.92 Å². The summed E-state index contributed by atoms with van der Waals surface area (Å²) in [5.74, 6) is 0. The van der Waals surface area contributed by atoms with Gasteiger partial charge in [0.2, 0.25) is 0 Å². The van der Waals surface area contributed by atoms with Gasteiger partial charge in [-0.2, -0.15) is 0 Å². The monoisotopic (exact) mass is 262 g/mol. The molecule has 0 fully saturated rings. The first-order valence-corrected chi connectivity index (χ1v) is 7.55. The fourth-order valence-electron chi connectivity index (χ4n) is 2.67. The number of hydrogen-bond acceptors (Lipinski definition) is 2. The fraction of sp³-hybridized carbons (Fsp3) is 0.647. The molecule has 0 aliphatic carbocycles. The highest BCUT2D eigenvalue weighted by molar-refractivity contribution is 5.25. The van der Waals surface area contributed by atoms with Crippen molar-refractivity contribution in [3.05, 3.63) is 35.4 Å². The molecule has 1 aromatic rings. The average molecular weight is 262 g/mol. The molecule has 0 aliphatic heterocycles. The van der Waals surface area contributed by atoms with Crippen LogP contribution in [-0.4, -0.2) is 24.0 Å². The maximum Gasteiger partial charge on any atom is 0.0498 e. The van der Waals surface area contributed by atoms with Gasteiger partial charge < -0.3 is 5.73 Å². The van der Waals surface area contributed by atoms with Gasteiger partial charge in [-0.15, -0.1) is 0 Å². The van der Waals surface area contributed by atoms with E-state index in [4.69, 9.17) is 5.73 Å². The first kappa shape index (κ1) is 16.2. The van der Waals surface area contributed by atoms with E-state index >= 15 is 0 Å². The summed E-state index contributed by atoms with van der Waals surface area (Å²) in [6.45, 7) is 8.84. The van der Waals surface area contributed by atoms with E-state index in [1.165, 1.54) is 24.0 Å². The van der Waals surface area contributed by atoms with Crippen molar-refractivity contribution in [2.24, 2.45) is 5.73 Å². The zero-order valence-electron chi connectivity index (χ0n) is 13.2. The minimum Gasteiger partial charge on any atom is -0.326 e. The van der Waals surface area contributed by atoms with Crippen LogP contribution >= 0.6 is 0 Å². The first-order valence-electron chi connectivity index (χ1n) is 7.55. The number of likely N-dealkylation sites (N-methyl/N-ethyl adjacent to an activating group) is 1.